The van der Waals surface area contributed by atoms with E-state index in [1.807, 2.05) is 56.5 Å². The number of benzene rings is 1. The lowest BCUT2D eigenvalue weighted by Crippen LogP contribution is -2.36. The molecule has 29 heavy (non-hydrogen) atoms. The standard InChI is InChI=1S/C17H22N4O4.2C2H6/c1-11(22)13(18)9-12-10-19(2)14-3-4-15(17(16(12)14)21(23)24)20-5-7-25-8-6-20;2*1-2/h3-4,10,13,22H,1,5-9,18H2,2H3;2*1-2H3. The summed E-state index contributed by atoms with van der Waals surface area (Å²) >= 11 is 0. The van der Waals surface area contributed by atoms with Crippen molar-refractivity contribution in [2.24, 2.45) is 12.8 Å². The Morgan fingerprint density at radius 1 is 1.31 bits per heavy atom. The molecule has 3 rings (SSSR count). The second-order valence-electron chi connectivity index (χ2n) is 6.25. The van der Waals surface area contributed by atoms with Crippen LogP contribution in [0.1, 0.15) is 33.3 Å². The van der Waals surface area contributed by atoms with Gasteiger partial charge in [-0.05, 0) is 24.1 Å². The fraction of sp³-hybridized carbons (Fsp3) is 0.524. The summed E-state index contributed by atoms with van der Waals surface area (Å²) in [5.41, 5.74) is 8.05. The number of anilines is 1. The molecule has 8 nitrogen and oxygen atoms in total. The minimum Gasteiger partial charge on any atom is -0.511 e. The molecule has 1 saturated heterocycles. The number of aromatic nitrogens is 1. The van der Waals surface area contributed by atoms with Crippen LogP contribution in [0.4, 0.5) is 11.4 Å². The monoisotopic (exact) mass is 406 g/mol. The van der Waals surface area contributed by atoms with Gasteiger partial charge in [-0.1, -0.05) is 34.3 Å². The molecule has 1 aliphatic heterocycles. The fourth-order valence-corrected chi connectivity index (χ4v) is 3.30. The summed E-state index contributed by atoms with van der Waals surface area (Å²) in [6.07, 6.45) is 2.10. The first-order valence-electron chi connectivity index (χ1n) is 10.1. The molecule has 2 heterocycles. The molecule has 1 unspecified atom stereocenters. The Bertz CT molecular complexity index is 826. The van der Waals surface area contributed by atoms with Crippen molar-refractivity contribution in [1.82, 2.24) is 4.57 Å². The van der Waals surface area contributed by atoms with Crippen molar-refractivity contribution in [3.63, 3.8) is 0 Å². The first kappa shape index (κ1) is 24.5. The predicted octanol–water partition coefficient (Wildman–Crippen LogP) is 3.92. The van der Waals surface area contributed by atoms with Gasteiger partial charge >= 0.3 is 5.69 Å². The molecule has 1 aromatic heterocycles. The number of rotatable bonds is 5. The maximum atomic E-state index is 11.9. The molecule has 8 heteroatoms. The van der Waals surface area contributed by atoms with E-state index in [1.54, 1.807) is 6.07 Å². The number of hydrogen-bond donors (Lipinski definition) is 2. The zero-order valence-corrected chi connectivity index (χ0v) is 18.1. The first-order chi connectivity index (χ1) is 13.9. The maximum Gasteiger partial charge on any atom is 0.302 e. The molecule has 0 bridgehead atoms. The minimum absolute atomic E-state index is 0.0748. The fourth-order valence-electron chi connectivity index (χ4n) is 3.30. The highest BCUT2D eigenvalue weighted by Gasteiger charge is 2.28. The van der Waals surface area contributed by atoms with Crippen molar-refractivity contribution in [3.05, 3.63) is 46.3 Å². The van der Waals surface area contributed by atoms with Gasteiger partial charge in [0.2, 0.25) is 0 Å². The lowest BCUT2D eigenvalue weighted by Gasteiger charge is -2.28. The third-order valence-electron chi connectivity index (χ3n) is 4.59. The number of morpholine rings is 1. The molecule has 0 aliphatic carbocycles. The van der Waals surface area contributed by atoms with Crippen LogP contribution in [-0.4, -0.2) is 46.9 Å². The van der Waals surface area contributed by atoms with E-state index in [0.29, 0.717) is 37.4 Å². The zero-order valence-electron chi connectivity index (χ0n) is 18.1. The number of nitrogens with two attached hydrogens (primary N) is 1. The minimum atomic E-state index is -0.669. The van der Waals surface area contributed by atoms with Crippen LogP contribution in [0.15, 0.2) is 30.7 Å². The van der Waals surface area contributed by atoms with E-state index in [0.717, 1.165) is 11.1 Å². The third kappa shape index (κ3) is 5.48. The van der Waals surface area contributed by atoms with Crippen molar-refractivity contribution in [1.29, 1.82) is 0 Å². The Morgan fingerprint density at radius 3 is 2.41 bits per heavy atom. The Hall–Kier alpha value is -2.58. The maximum absolute atomic E-state index is 11.9. The van der Waals surface area contributed by atoms with E-state index in [4.69, 9.17) is 10.5 Å². The summed E-state index contributed by atoms with van der Waals surface area (Å²) < 4.78 is 7.19. The molecule has 1 fully saturated rings. The molecule has 2 aromatic rings. The van der Waals surface area contributed by atoms with Crippen LogP contribution in [-0.2, 0) is 18.2 Å². The number of hydrogen-bond acceptors (Lipinski definition) is 6. The molecule has 0 saturated carbocycles. The number of nitrogens with zero attached hydrogens (tertiary/aromatic N) is 3. The summed E-state index contributed by atoms with van der Waals surface area (Å²) in [6.45, 7) is 13.8. The summed E-state index contributed by atoms with van der Waals surface area (Å²) in [7, 11) is 1.84. The summed E-state index contributed by atoms with van der Waals surface area (Å²) in [5.74, 6) is -0.135. The average Bonchev–Trinajstić information content (AvgIpc) is 3.06. The first-order valence-corrected chi connectivity index (χ1v) is 10.1. The summed E-state index contributed by atoms with van der Waals surface area (Å²) in [5, 5.41) is 22.0. The molecule has 1 aliphatic rings. The van der Waals surface area contributed by atoms with Crippen molar-refractivity contribution in [2.45, 2.75) is 40.2 Å². The molecule has 1 aromatic carbocycles. The molecular formula is C21H34N4O4. The van der Waals surface area contributed by atoms with Gasteiger partial charge in [-0.15, -0.1) is 0 Å². The van der Waals surface area contributed by atoms with E-state index in [2.05, 4.69) is 6.58 Å². The zero-order chi connectivity index (χ0) is 22.1. The normalized spacial score (nSPS) is 14.3. The highest BCUT2D eigenvalue weighted by molar-refractivity contribution is 5.98. The number of nitro groups is 1. The quantitative estimate of drug-likeness (QED) is 0.443. The van der Waals surface area contributed by atoms with Gasteiger partial charge in [0.1, 0.15) is 11.4 Å². The number of aryl methyl sites for hydroxylation is 1. The lowest BCUT2D eigenvalue weighted by atomic mass is 10.0. The second kappa shape index (κ2) is 11.4. The number of aliphatic hydroxyl groups is 1. The number of ether oxygens (including phenoxy) is 1. The van der Waals surface area contributed by atoms with Gasteiger partial charge in [-0.3, -0.25) is 10.1 Å². The van der Waals surface area contributed by atoms with Crippen LogP contribution in [0.3, 0.4) is 0 Å². The van der Waals surface area contributed by atoms with Crippen molar-refractivity contribution in [3.8, 4) is 0 Å². The molecule has 162 valence electrons. The lowest BCUT2D eigenvalue weighted by molar-refractivity contribution is -0.382. The average molecular weight is 407 g/mol. The van der Waals surface area contributed by atoms with Crippen molar-refractivity contribution in [2.75, 3.05) is 31.2 Å². The Morgan fingerprint density at radius 2 is 1.90 bits per heavy atom. The van der Waals surface area contributed by atoms with Crippen LogP contribution >= 0.6 is 0 Å². The van der Waals surface area contributed by atoms with Crippen LogP contribution in [0.2, 0.25) is 0 Å². The molecule has 0 amide bonds. The van der Waals surface area contributed by atoms with Gasteiger partial charge in [0.05, 0.1) is 35.1 Å². The van der Waals surface area contributed by atoms with E-state index in [-0.39, 0.29) is 22.8 Å². The second-order valence-corrected chi connectivity index (χ2v) is 6.25. The van der Waals surface area contributed by atoms with Gasteiger partial charge in [0.15, 0.2) is 0 Å². The molecule has 1 atom stereocenters. The number of nitro benzene ring substituents is 1. The van der Waals surface area contributed by atoms with Gasteiger partial charge in [0.25, 0.3) is 0 Å². The van der Waals surface area contributed by atoms with Gasteiger partial charge in [-0.25, -0.2) is 0 Å². The summed E-state index contributed by atoms with van der Waals surface area (Å²) in [4.78, 5) is 13.5. The SMILES string of the molecule is C=C(O)C(N)Cc1cn(C)c2ccc(N3CCOCC3)c([N+](=O)[O-])c12.CC.CC. The summed E-state index contributed by atoms with van der Waals surface area (Å²) in [6, 6.07) is 3.01. The largest absolute Gasteiger partial charge is 0.511 e. The van der Waals surface area contributed by atoms with E-state index < -0.39 is 6.04 Å². The van der Waals surface area contributed by atoms with Crippen molar-refractivity contribution < 1.29 is 14.8 Å². The van der Waals surface area contributed by atoms with Gasteiger partial charge < -0.3 is 25.0 Å². The molecule has 3 N–H and O–H groups in total. The van der Waals surface area contributed by atoms with E-state index in [9.17, 15) is 15.2 Å². The third-order valence-corrected chi connectivity index (χ3v) is 4.59. The molecule has 0 radical (unpaired) electrons. The topological polar surface area (TPSA) is 107 Å². The highest BCUT2D eigenvalue weighted by Crippen LogP contribution is 2.39. The predicted molar refractivity (Wildman–Crippen MR) is 119 cm³/mol. The van der Waals surface area contributed by atoms with Crippen LogP contribution < -0.4 is 10.6 Å². The Balaban J connectivity index is 0.000000989. The van der Waals surface area contributed by atoms with Crippen LogP contribution in [0, 0.1) is 10.1 Å². The van der Waals surface area contributed by atoms with Crippen LogP contribution in [0.25, 0.3) is 10.9 Å². The van der Waals surface area contributed by atoms with Gasteiger partial charge in [-0.2, -0.15) is 0 Å². The highest BCUT2D eigenvalue weighted by atomic mass is 16.6. The molecular weight excluding hydrogens is 372 g/mol. The van der Waals surface area contributed by atoms with Crippen molar-refractivity contribution >= 4 is 22.3 Å². The van der Waals surface area contributed by atoms with E-state index in [1.165, 1.54) is 0 Å². The smallest absolute Gasteiger partial charge is 0.302 e. The molecule has 0 spiro atoms. The van der Waals surface area contributed by atoms with E-state index >= 15 is 0 Å². The van der Waals surface area contributed by atoms with Crippen LogP contribution in [0.5, 0.6) is 0 Å². The Kier molecular flexibility index (Phi) is 9.64. The van der Waals surface area contributed by atoms with Gasteiger partial charge in [0, 0.05) is 26.3 Å². The number of aliphatic hydroxyl groups excluding tert-OH is 1. The Labute approximate surface area is 172 Å². The number of fused-ring (bicyclic) bond motifs is 1.